The maximum absolute atomic E-state index is 13.1. The Hall–Kier alpha value is -2.15. The van der Waals surface area contributed by atoms with Gasteiger partial charge in [-0.3, -0.25) is 9.69 Å². The number of thiophene rings is 1. The van der Waals surface area contributed by atoms with Gasteiger partial charge in [0, 0.05) is 6.07 Å². The molecule has 3 amide bonds. The number of carbonyl (C=O) groups excluding carboxylic acids is 2. The molecule has 132 valence electrons. The van der Waals surface area contributed by atoms with E-state index in [1.54, 1.807) is 17.4 Å². The predicted octanol–water partition coefficient (Wildman–Crippen LogP) is 3.65. The molecule has 2 aromatic heterocycles. The van der Waals surface area contributed by atoms with E-state index in [2.05, 4.69) is 24.3 Å². The molecule has 0 bridgehead atoms. The van der Waals surface area contributed by atoms with Gasteiger partial charge in [-0.05, 0) is 36.1 Å². The second kappa shape index (κ2) is 5.98. The summed E-state index contributed by atoms with van der Waals surface area (Å²) in [5, 5.41) is 9.00. The predicted molar refractivity (Wildman–Crippen MR) is 93.8 cm³/mol. The summed E-state index contributed by atoms with van der Waals surface area (Å²) in [6, 6.07) is 5.36. The van der Waals surface area contributed by atoms with Gasteiger partial charge in [-0.1, -0.05) is 31.5 Å². The molecule has 2 aromatic rings. The number of carbonyl (C=O) groups is 2. The molecule has 0 radical (unpaired) electrons. The molecule has 1 N–H and O–H groups in total. The molecule has 1 aliphatic heterocycles. The molecule has 0 aromatic carbocycles. The zero-order chi connectivity index (χ0) is 17.6. The average molecular weight is 359 g/mol. The third-order valence-corrected chi connectivity index (χ3v) is 6.51. The summed E-state index contributed by atoms with van der Waals surface area (Å²) >= 11 is 1.56. The molecule has 25 heavy (non-hydrogen) atoms. The Labute approximate surface area is 150 Å². The van der Waals surface area contributed by atoms with Crippen molar-refractivity contribution in [1.29, 1.82) is 0 Å². The molecule has 2 aliphatic rings. The van der Waals surface area contributed by atoms with Crippen LogP contribution in [0.2, 0.25) is 0 Å². The maximum atomic E-state index is 13.1. The lowest BCUT2D eigenvalue weighted by Gasteiger charge is -2.42. The molecular weight excluding hydrogens is 338 g/mol. The Bertz CT molecular complexity index is 788. The van der Waals surface area contributed by atoms with Crippen molar-refractivity contribution in [2.45, 2.75) is 45.2 Å². The van der Waals surface area contributed by atoms with Crippen molar-refractivity contribution in [2.24, 2.45) is 11.8 Å². The van der Waals surface area contributed by atoms with Gasteiger partial charge in [0.15, 0.2) is 5.76 Å². The lowest BCUT2D eigenvalue weighted by molar-refractivity contribution is -0.137. The van der Waals surface area contributed by atoms with Crippen LogP contribution in [0.3, 0.4) is 0 Å². The quantitative estimate of drug-likeness (QED) is 0.849. The van der Waals surface area contributed by atoms with Crippen molar-refractivity contribution in [3.05, 3.63) is 29.3 Å². The van der Waals surface area contributed by atoms with Gasteiger partial charge >= 0.3 is 6.03 Å². The number of hydrogen-bond donors (Lipinski definition) is 1. The average Bonchev–Trinajstić information content (AvgIpc) is 3.29. The molecule has 1 saturated heterocycles. The lowest BCUT2D eigenvalue weighted by atomic mass is 9.67. The molecule has 4 rings (SSSR count). The summed E-state index contributed by atoms with van der Waals surface area (Å²) in [4.78, 5) is 27.9. The van der Waals surface area contributed by atoms with E-state index in [0.29, 0.717) is 11.5 Å². The standard InChI is InChI=1S/C18H21N3O3S/c1-11-5-3-6-12(2)18(11)16(22)21(17(23)19-18)10-13-9-14(24-20-13)15-7-4-8-25-15/h4,7-9,11-12H,3,5-6,10H2,1-2H3,(H,19,23)/t11-,12-/m1/s1. The summed E-state index contributed by atoms with van der Waals surface area (Å²) in [5.41, 5.74) is -0.185. The van der Waals surface area contributed by atoms with E-state index < -0.39 is 5.54 Å². The summed E-state index contributed by atoms with van der Waals surface area (Å²) in [5.74, 6) is 0.803. The van der Waals surface area contributed by atoms with Crippen LogP contribution in [0.5, 0.6) is 0 Å². The van der Waals surface area contributed by atoms with E-state index >= 15 is 0 Å². The van der Waals surface area contributed by atoms with Crippen LogP contribution in [0.15, 0.2) is 28.1 Å². The number of aromatic nitrogens is 1. The minimum absolute atomic E-state index is 0.127. The van der Waals surface area contributed by atoms with E-state index in [9.17, 15) is 9.59 Å². The summed E-state index contributed by atoms with van der Waals surface area (Å²) < 4.78 is 5.36. The van der Waals surface area contributed by atoms with Gasteiger partial charge in [-0.15, -0.1) is 11.3 Å². The monoisotopic (exact) mass is 359 g/mol. The van der Waals surface area contributed by atoms with Crippen molar-refractivity contribution in [3.8, 4) is 10.6 Å². The number of rotatable bonds is 3. The van der Waals surface area contributed by atoms with Gasteiger partial charge < -0.3 is 9.84 Å². The third-order valence-electron chi connectivity index (χ3n) is 5.63. The Kier molecular flexibility index (Phi) is 3.91. The Balaban J connectivity index is 1.57. The molecule has 2 fully saturated rings. The summed E-state index contributed by atoms with van der Waals surface area (Å²) in [6.07, 6.45) is 3.01. The van der Waals surface area contributed by atoms with Crippen LogP contribution in [0.1, 0.15) is 38.8 Å². The van der Waals surface area contributed by atoms with E-state index in [4.69, 9.17) is 4.52 Å². The second-order valence-corrected chi connectivity index (χ2v) is 8.03. The fourth-order valence-electron chi connectivity index (χ4n) is 4.18. The number of urea groups is 1. The summed E-state index contributed by atoms with van der Waals surface area (Å²) in [7, 11) is 0. The van der Waals surface area contributed by atoms with E-state index in [-0.39, 0.29) is 30.3 Å². The van der Waals surface area contributed by atoms with Gasteiger partial charge in [0.1, 0.15) is 11.2 Å². The molecule has 1 aliphatic carbocycles. The number of nitrogens with zero attached hydrogens (tertiary/aromatic N) is 2. The molecule has 6 nitrogen and oxygen atoms in total. The van der Waals surface area contributed by atoms with Gasteiger partial charge in [0.2, 0.25) is 0 Å². The highest BCUT2D eigenvalue weighted by Crippen LogP contribution is 2.42. The number of imide groups is 1. The molecule has 0 unspecified atom stereocenters. The topological polar surface area (TPSA) is 75.4 Å². The van der Waals surface area contributed by atoms with Crippen LogP contribution in [-0.4, -0.2) is 27.5 Å². The van der Waals surface area contributed by atoms with Crippen molar-refractivity contribution in [2.75, 3.05) is 0 Å². The zero-order valence-corrected chi connectivity index (χ0v) is 15.1. The third kappa shape index (κ3) is 2.49. The van der Waals surface area contributed by atoms with Crippen LogP contribution in [0.4, 0.5) is 4.79 Å². The first-order chi connectivity index (χ1) is 12.0. The molecule has 1 spiro atoms. The highest BCUT2D eigenvalue weighted by molar-refractivity contribution is 7.13. The van der Waals surface area contributed by atoms with Crippen molar-refractivity contribution < 1.29 is 14.1 Å². The van der Waals surface area contributed by atoms with Crippen molar-refractivity contribution >= 4 is 23.3 Å². The Morgan fingerprint density at radius 2 is 2.12 bits per heavy atom. The molecule has 3 heterocycles. The number of amides is 3. The van der Waals surface area contributed by atoms with Crippen LogP contribution in [0, 0.1) is 11.8 Å². The van der Waals surface area contributed by atoms with Crippen LogP contribution < -0.4 is 5.32 Å². The fourth-order valence-corrected chi connectivity index (χ4v) is 4.85. The normalized spacial score (nSPS) is 25.6. The van der Waals surface area contributed by atoms with Crippen molar-refractivity contribution in [1.82, 2.24) is 15.4 Å². The van der Waals surface area contributed by atoms with Gasteiger partial charge in [0.25, 0.3) is 5.91 Å². The first-order valence-corrected chi connectivity index (χ1v) is 9.54. The molecule has 2 atom stereocenters. The highest BCUT2D eigenvalue weighted by Gasteiger charge is 2.58. The molecule has 7 heteroatoms. The Morgan fingerprint density at radius 3 is 2.80 bits per heavy atom. The van der Waals surface area contributed by atoms with Crippen molar-refractivity contribution in [3.63, 3.8) is 0 Å². The van der Waals surface area contributed by atoms with Crippen LogP contribution in [0.25, 0.3) is 10.6 Å². The van der Waals surface area contributed by atoms with E-state index in [1.807, 2.05) is 17.5 Å². The number of hydrogen-bond acceptors (Lipinski definition) is 5. The number of nitrogens with one attached hydrogen (secondary N) is 1. The first kappa shape index (κ1) is 16.3. The lowest BCUT2D eigenvalue weighted by Crippen LogP contribution is -2.58. The van der Waals surface area contributed by atoms with Crippen LogP contribution >= 0.6 is 11.3 Å². The zero-order valence-electron chi connectivity index (χ0n) is 14.3. The Morgan fingerprint density at radius 1 is 1.36 bits per heavy atom. The highest BCUT2D eigenvalue weighted by atomic mass is 32.1. The first-order valence-electron chi connectivity index (χ1n) is 8.66. The SMILES string of the molecule is C[C@@H]1CCC[C@@H](C)C12NC(=O)N(Cc1cc(-c3cccs3)on1)C2=O. The smallest absolute Gasteiger partial charge is 0.325 e. The second-order valence-electron chi connectivity index (χ2n) is 7.08. The van der Waals surface area contributed by atoms with Crippen LogP contribution in [-0.2, 0) is 11.3 Å². The molecule has 1 saturated carbocycles. The van der Waals surface area contributed by atoms with Gasteiger partial charge in [-0.25, -0.2) is 4.79 Å². The van der Waals surface area contributed by atoms with Gasteiger partial charge in [0.05, 0.1) is 11.4 Å². The minimum Gasteiger partial charge on any atom is -0.355 e. The largest absolute Gasteiger partial charge is 0.355 e. The van der Waals surface area contributed by atoms with E-state index in [1.165, 1.54) is 4.90 Å². The van der Waals surface area contributed by atoms with E-state index in [0.717, 1.165) is 24.1 Å². The fraction of sp³-hybridized carbons (Fsp3) is 0.500. The molecular formula is C18H21N3O3S. The minimum atomic E-state index is -0.768. The summed E-state index contributed by atoms with van der Waals surface area (Å²) in [6.45, 7) is 4.26. The van der Waals surface area contributed by atoms with Gasteiger partial charge in [-0.2, -0.15) is 0 Å². The maximum Gasteiger partial charge on any atom is 0.325 e.